The van der Waals surface area contributed by atoms with Crippen molar-refractivity contribution >= 4 is 19.9 Å². The molecule has 0 spiro atoms. The summed E-state index contributed by atoms with van der Waals surface area (Å²) in [5.41, 5.74) is -1.01. The van der Waals surface area contributed by atoms with Gasteiger partial charge in [-0.25, -0.2) is 16.8 Å². The lowest BCUT2D eigenvalue weighted by molar-refractivity contribution is 0.277. The molecule has 0 radical (unpaired) electrons. The fourth-order valence-corrected chi connectivity index (χ4v) is 6.63. The second-order valence-corrected chi connectivity index (χ2v) is 10.6. The molecule has 1 heterocycles. The maximum atomic E-state index is 12.5. The van der Waals surface area contributed by atoms with Crippen molar-refractivity contribution in [1.29, 1.82) is 5.26 Å². The van der Waals surface area contributed by atoms with Crippen LogP contribution >= 0.6 is 0 Å². The summed E-state index contributed by atoms with van der Waals surface area (Å²) in [4.78, 5) is 0. The first-order valence-electron chi connectivity index (χ1n) is 7.32. The van der Waals surface area contributed by atoms with Crippen molar-refractivity contribution < 1.29 is 16.8 Å². The summed E-state index contributed by atoms with van der Waals surface area (Å²) in [7, 11) is -6.75. The van der Waals surface area contributed by atoms with Gasteiger partial charge in [-0.2, -0.15) is 9.98 Å². The van der Waals surface area contributed by atoms with Crippen LogP contribution < -0.4 is 4.72 Å². The van der Waals surface area contributed by atoms with Crippen molar-refractivity contribution in [3.63, 3.8) is 0 Å². The minimum absolute atomic E-state index is 0.0881. The quantitative estimate of drug-likeness (QED) is 0.827. The Morgan fingerprint density at radius 2 is 1.67 bits per heavy atom. The number of nitrogens with one attached hydrogen (secondary N) is 1. The SMILES string of the molecule is CC1CCC(C#N)(NS(=O)(=O)C2CCS(=O)(=O)CC2)CC1. The van der Waals surface area contributed by atoms with E-state index in [1.54, 1.807) is 0 Å². The highest BCUT2D eigenvalue weighted by Crippen LogP contribution is 2.33. The summed E-state index contributed by atoms with van der Waals surface area (Å²) in [5, 5.41) is 8.70. The van der Waals surface area contributed by atoms with Crippen LogP contribution in [-0.2, 0) is 19.9 Å². The van der Waals surface area contributed by atoms with Crippen molar-refractivity contribution in [1.82, 2.24) is 4.72 Å². The average molecular weight is 334 g/mol. The molecule has 120 valence electrons. The van der Waals surface area contributed by atoms with Gasteiger partial charge in [0, 0.05) is 0 Å². The fraction of sp³-hybridized carbons (Fsp3) is 0.923. The van der Waals surface area contributed by atoms with E-state index in [4.69, 9.17) is 0 Å². The van der Waals surface area contributed by atoms with Gasteiger partial charge < -0.3 is 0 Å². The van der Waals surface area contributed by atoms with E-state index in [1.807, 2.05) is 0 Å². The maximum Gasteiger partial charge on any atom is 0.215 e. The summed E-state index contributed by atoms with van der Waals surface area (Å²) in [5.74, 6) is 0.334. The van der Waals surface area contributed by atoms with E-state index < -0.39 is 30.6 Å². The van der Waals surface area contributed by atoms with Gasteiger partial charge in [0.15, 0.2) is 0 Å². The molecular formula is C13H22N2O4S2. The summed E-state index contributed by atoms with van der Waals surface area (Å²) in [6.45, 7) is 2.10. The molecule has 2 rings (SSSR count). The largest absolute Gasteiger partial charge is 0.229 e. The van der Waals surface area contributed by atoms with Gasteiger partial charge in [0.05, 0.1) is 22.8 Å². The van der Waals surface area contributed by atoms with E-state index in [9.17, 15) is 22.1 Å². The lowest BCUT2D eigenvalue weighted by atomic mass is 9.79. The Morgan fingerprint density at radius 3 is 2.14 bits per heavy atom. The third kappa shape index (κ3) is 3.96. The van der Waals surface area contributed by atoms with Gasteiger partial charge in [0.2, 0.25) is 10.0 Å². The molecule has 8 heteroatoms. The topological polar surface area (TPSA) is 104 Å². The second kappa shape index (κ2) is 5.86. The highest BCUT2D eigenvalue weighted by Gasteiger charge is 2.41. The molecule has 1 aliphatic carbocycles. The fourth-order valence-electron chi connectivity index (χ4n) is 3.03. The van der Waals surface area contributed by atoms with Crippen molar-refractivity contribution in [2.24, 2.45) is 5.92 Å². The van der Waals surface area contributed by atoms with Crippen molar-refractivity contribution in [2.45, 2.75) is 56.2 Å². The molecule has 0 aromatic carbocycles. The number of hydrogen-bond acceptors (Lipinski definition) is 5. The first kappa shape index (κ1) is 16.7. The van der Waals surface area contributed by atoms with E-state index in [0.717, 1.165) is 12.8 Å². The predicted octanol–water partition coefficient (Wildman–Crippen LogP) is 0.955. The van der Waals surface area contributed by atoms with E-state index in [2.05, 4.69) is 17.7 Å². The maximum absolute atomic E-state index is 12.5. The minimum atomic E-state index is -3.66. The predicted molar refractivity (Wildman–Crippen MR) is 79.7 cm³/mol. The van der Waals surface area contributed by atoms with E-state index in [0.29, 0.717) is 18.8 Å². The van der Waals surface area contributed by atoms with Crippen molar-refractivity contribution in [3.8, 4) is 6.07 Å². The molecular weight excluding hydrogens is 312 g/mol. The minimum Gasteiger partial charge on any atom is -0.229 e. The molecule has 0 unspecified atom stereocenters. The number of rotatable bonds is 3. The Hall–Kier alpha value is -0.650. The van der Waals surface area contributed by atoms with Crippen LogP contribution in [-0.4, -0.2) is 39.1 Å². The zero-order valence-corrected chi connectivity index (χ0v) is 13.8. The van der Waals surface area contributed by atoms with Crippen molar-refractivity contribution in [2.75, 3.05) is 11.5 Å². The molecule has 1 saturated carbocycles. The van der Waals surface area contributed by atoms with Crippen LogP contribution in [0.15, 0.2) is 0 Å². The Balaban J connectivity index is 2.08. The van der Waals surface area contributed by atoms with Gasteiger partial charge in [-0.1, -0.05) is 6.92 Å². The van der Waals surface area contributed by atoms with Crippen LogP contribution in [0, 0.1) is 17.2 Å². The summed E-state index contributed by atoms with van der Waals surface area (Å²) in [6, 6.07) is 2.14. The Bertz CT molecular complexity index is 612. The van der Waals surface area contributed by atoms with Gasteiger partial charge in [0.25, 0.3) is 0 Å². The molecule has 21 heavy (non-hydrogen) atoms. The number of sulfonamides is 1. The van der Waals surface area contributed by atoms with E-state index in [-0.39, 0.29) is 24.3 Å². The smallest absolute Gasteiger partial charge is 0.215 e. The van der Waals surface area contributed by atoms with Crippen LogP contribution in [0.3, 0.4) is 0 Å². The highest BCUT2D eigenvalue weighted by molar-refractivity contribution is 7.92. The van der Waals surface area contributed by atoms with Gasteiger partial charge in [-0.15, -0.1) is 0 Å². The highest BCUT2D eigenvalue weighted by atomic mass is 32.2. The molecule has 0 bridgehead atoms. The molecule has 2 fully saturated rings. The van der Waals surface area contributed by atoms with Crippen molar-refractivity contribution in [3.05, 3.63) is 0 Å². The first-order chi connectivity index (χ1) is 9.68. The van der Waals surface area contributed by atoms with Crippen LogP contribution in [0.4, 0.5) is 0 Å². The van der Waals surface area contributed by atoms with Gasteiger partial charge in [0.1, 0.15) is 15.4 Å². The molecule has 0 atom stereocenters. The summed E-state index contributed by atoms with van der Waals surface area (Å²) in [6.07, 6.45) is 2.94. The monoisotopic (exact) mass is 334 g/mol. The summed E-state index contributed by atoms with van der Waals surface area (Å²) < 4.78 is 50.3. The Kier molecular flexibility index (Phi) is 4.66. The average Bonchev–Trinajstić information content (AvgIpc) is 2.41. The van der Waals surface area contributed by atoms with Gasteiger partial charge in [-0.05, 0) is 44.4 Å². The lowest BCUT2D eigenvalue weighted by Crippen LogP contribution is -2.53. The van der Waals surface area contributed by atoms with Crippen LogP contribution in [0.25, 0.3) is 0 Å². The second-order valence-electron chi connectivity index (χ2n) is 6.37. The zero-order valence-electron chi connectivity index (χ0n) is 12.2. The van der Waals surface area contributed by atoms with Gasteiger partial charge >= 0.3 is 0 Å². The third-order valence-corrected chi connectivity index (χ3v) is 8.36. The number of nitriles is 1. The van der Waals surface area contributed by atoms with Gasteiger partial charge in [-0.3, -0.25) is 0 Å². The number of sulfone groups is 1. The number of hydrogen-bond donors (Lipinski definition) is 1. The lowest BCUT2D eigenvalue weighted by Gasteiger charge is -2.35. The molecule has 2 aliphatic rings. The molecule has 6 nitrogen and oxygen atoms in total. The molecule has 0 aromatic rings. The Labute approximate surface area is 126 Å². The first-order valence-corrected chi connectivity index (χ1v) is 10.7. The molecule has 1 aliphatic heterocycles. The van der Waals surface area contributed by atoms with Crippen LogP contribution in [0.1, 0.15) is 45.4 Å². The summed E-state index contributed by atoms with van der Waals surface area (Å²) >= 11 is 0. The molecule has 1 N–H and O–H groups in total. The number of nitrogens with zero attached hydrogens (tertiary/aromatic N) is 1. The molecule has 0 amide bonds. The normalized spacial score (nSPS) is 34.2. The third-order valence-electron chi connectivity index (χ3n) is 4.62. The molecule has 1 saturated heterocycles. The van der Waals surface area contributed by atoms with E-state index in [1.165, 1.54) is 0 Å². The molecule has 0 aromatic heterocycles. The zero-order chi connectivity index (χ0) is 15.7. The Morgan fingerprint density at radius 1 is 1.14 bits per heavy atom. The standard InChI is InChI=1S/C13H22N2O4S2/c1-11-2-6-13(10-14,7-3-11)15-21(18,19)12-4-8-20(16,17)9-5-12/h11-12,15H,2-9H2,1H3. The van der Waals surface area contributed by atoms with E-state index >= 15 is 0 Å². The van der Waals surface area contributed by atoms with Crippen LogP contribution in [0.2, 0.25) is 0 Å². The van der Waals surface area contributed by atoms with Crippen LogP contribution in [0.5, 0.6) is 0 Å².